The van der Waals surface area contributed by atoms with Crippen molar-refractivity contribution >= 4 is 56.0 Å². The summed E-state index contributed by atoms with van der Waals surface area (Å²) in [4.78, 5) is 70.1. The van der Waals surface area contributed by atoms with Gasteiger partial charge >= 0.3 is 5.97 Å². The van der Waals surface area contributed by atoms with Crippen LogP contribution in [0.3, 0.4) is 0 Å². The van der Waals surface area contributed by atoms with E-state index >= 15 is 0 Å². The number of ether oxygens (including phenoxy) is 2. The number of para-hydroxylation sites is 1. The van der Waals surface area contributed by atoms with Crippen LogP contribution in [0.5, 0.6) is 6.01 Å². The van der Waals surface area contributed by atoms with Gasteiger partial charge in [0.2, 0.25) is 21.8 Å². The number of Topliss-reactive ketones (excluding diaryl/α,β-unsaturated/α-hetero) is 1. The van der Waals surface area contributed by atoms with Gasteiger partial charge in [0.1, 0.15) is 22.2 Å². The molecule has 2 aromatic carbocycles. The third-order valence-electron chi connectivity index (χ3n) is 13.6. The van der Waals surface area contributed by atoms with E-state index in [2.05, 4.69) is 23.8 Å². The minimum atomic E-state index is -3.96. The molecule has 3 fully saturated rings. The molecule has 4 heterocycles. The molecule has 2 amide bonds. The summed E-state index contributed by atoms with van der Waals surface area (Å²) in [5, 5.41) is 0.850. The summed E-state index contributed by atoms with van der Waals surface area (Å²) in [5.41, 5.74) is 2.63. The molecule has 65 heavy (non-hydrogen) atoms. The second-order valence-electron chi connectivity index (χ2n) is 20.2. The molecule has 13 nitrogen and oxygen atoms in total. The summed E-state index contributed by atoms with van der Waals surface area (Å²) in [5.74, 6) is -2.92. The normalized spacial score (nSPS) is 25.3. The number of carbonyl (C=O) groups excluding carboxylic acids is 4. The highest BCUT2D eigenvalue weighted by Gasteiger charge is 2.62. The molecule has 0 bridgehead atoms. The van der Waals surface area contributed by atoms with Crippen molar-refractivity contribution in [1.29, 1.82) is 0 Å². The molecule has 4 aliphatic rings. The monoisotopic (exact) mass is 925 g/mol. The number of aryl methyl sites for hydroxylation is 1. The lowest BCUT2D eigenvalue weighted by Crippen LogP contribution is -2.47. The topological polar surface area (TPSA) is 167 Å². The summed E-state index contributed by atoms with van der Waals surface area (Å²) >= 11 is 1.62. The molecule has 0 radical (unpaired) electrons. The molecule has 348 valence electrons. The number of nitrogens with one attached hydrogen (secondary N) is 1. The van der Waals surface area contributed by atoms with Crippen molar-refractivity contribution in [2.24, 2.45) is 17.3 Å². The Kier molecular flexibility index (Phi) is 13.0. The molecule has 0 unspecified atom stereocenters. The number of amides is 2. The van der Waals surface area contributed by atoms with Crippen molar-refractivity contribution in [2.45, 2.75) is 154 Å². The van der Waals surface area contributed by atoms with Gasteiger partial charge < -0.3 is 14.4 Å². The minimum absolute atomic E-state index is 0.0536. The lowest BCUT2D eigenvalue weighted by Gasteiger charge is -2.29. The van der Waals surface area contributed by atoms with E-state index < -0.39 is 55.7 Å². The predicted molar refractivity (Wildman–Crippen MR) is 251 cm³/mol. The van der Waals surface area contributed by atoms with Crippen LogP contribution in [0.2, 0.25) is 0 Å². The fraction of sp³-hybridized carbons (Fsp3) is 0.560. The smallest absolute Gasteiger partial charge is 0.307 e. The van der Waals surface area contributed by atoms with Gasteiger partial charge in [-0.2, -0.15) is 4.98 Å². The average Bonchev–Trinajstić information content (AvgIpc) is 3.98. The largest absolute Gasteiger partial charge is 0.460 e. The summed E-state index contributed by atoms with van der Waals surface area (Å²) in [7, 11) is -3.96. The van der Waals surface area contributed by atoms with Gasteiger partial charge in [-0.1, -0.05) is 61.4 Å². The van der Waals surface area contributed by atoms with Crippen molar-refractivity contribution in [1.82, 2.24) is 24.2 Å². The third kappa shape index (κ3) is 9.96. The first kappa shape index (κ1) is 46.6. The van der Waals surface area contributed by atoms with E-state index in [0.717, 1.165) is 51.4 Å². The summed E-state index contributed by atoms with van der Waals surface area (Å²) in [6.45, 7) is 13.2. The Morgan fingerprint density at radius 3 is 2.48 bits per heavy atom. The molecule has 1 N–H and O–H groups in total. The number of carbonyl (C=O) groups is 4. The standard InChI is InChI=1S/C50H63N5O8S2/c1-31(2)55-39-22-16-21-37(44-51-38(32(3)64-44)25-33-17-12-11-13-18-33)43(39)52-47(55)62-36-27-40-41(56)29-50(46(59)53-65(60,61)49(7)23-24-49)28-35(50)20-15-10-8-9-14-19-34(45(58)54(40)30-36)26-42(57)63-48(4,5)6/h11-13,15-18,20-22,31,34-36,40H,8-10,14,19,23-30H2,1-7H3,(H,53,59)/b20-15-/t34-,35+,36-,40+,50-/m1/s1. The second kappa shape index (κ2) is 18.1. The number of ketones is 1. The van der Waals surface area contributed by atoms with Gasteiger partial charge in [0, 0.05) is 41.7 Å². The van der Waals surface area contributed by atoms with Gasteiger partial charge in [0.05, 0.1) is 40.4 Å². The Morgan fingerprint density at radius 2 is 1.77 bits per heavy atom. The van der Waals surface area contributed by atoms with Gasteiger partial charge in [0.25, 0.3) is 6.01 Å². The van der Waals surface area contributed by atoms with Gasteiger partial charge in [-0.05, 0) is 111 Å². The highest BCUT2D eigenvalue weighted by molar-refractivity contribution is 7.91. The van der Waals surface area contributed by atoms with Crippen molar-refractivity contribution in [3.8, 4) is 16.6 Å². The Bertz CT molecular complexity index is 2610. The highest BCUT2D eigenvalue weighted by Crippen LogP contribution is 2.58. The minimum Gasteiger partial charge on any atom is -0.460 e. The molecular formula is C50H63N5O8S2. The lowest BCUT2D eigenvalue weighted by atomic mass is 9.90. The van der Waals surface area contributed by atoms with Crippen LogP contribution in [0.15, 0.2) is 60.7 Å². The molecule has 2 saturated carbocycles. The maximum absolute atomic E-state index is 14.9. The number of thiazole rings is 1. The molecule has 2 aliphatic heterocycles. The maximum atomic E-state index is 14.9. The zero-order valence-corrected chi connectivity index (χ0v) is 40.4. The SMILES string of the molecule is Cc1sc(-c2cccc3c2nc(O[C@@H]2C[C@H]4C(=O)C[C@]5(C(=O)NS(=O)(=O)C6(C)CC6)C[C@@H]5/C=C\CCCCC[C@H](CC(=O)OC(C)(C)C)C(=O)N4C2)n3C(C)C)nc1Cc1ccccc1. The first-order valence-corrected chi connectivity index (χ1v) is 25.5. The molecule has 2 aromatic heterocycles. The summed E-state index contributed by atoms with van der Waals surface area (Å²) in [6.07, 6.45) is 8.51. The summed E-state index contributed by atoms with van der Waals surface area (Å²) in [6, 6.07) is 15.6. The van der Waals surface area contributed by atoms with E-state index in [-0.39, 0.29) is 49.5 Å². The van der Waals surface area contributed by atoms with Crippen molar-refractivity contribution in [3.63, 3.8) is 0 Å². The molecule has 2 aliphatic carbocycles. The quantitative estimate of drug-likeness (QED) is 0.113. The van der Waals surface area contributed by atoms with Crippen LogP contribution < -0.4 is 9.46 Å². The van der Waals surface area contributed by atoms with Crippen molar-refractivity contribution < 1.29 is 37.1 Å². The van der Waals surface area contributed by atoms with E-state index in [9.17, 15) is 27.6 Å². The van der Waals surface area contributed by atoms with E-state index in [1.165, 1.54) is 5.56 Å². The van der Waals surface area contributed by atoms with Crippen LogP contribution >= 0.6 is 11.3 Å². The first-order chi connectivity index (χ1) is 30.8. The third-order valence-corrected chi connectivity index (χ3v) is 16.8. The molecule has 8 rings (SSSR count). The first-order valence-electron chi connectivity index (χ1n) is 23.2. The molecule has 4 aromatic rings. The van der Waals surface area contributed by atoms with Crippen molar-refractivity contribution in [2.75, 3.05) is 6.54 Å². The number of hydrogen-bond acceptors (Lipinski definition) is 11. The Labute approximate surface area is 386 Å². The van der Waals surface area contributed by atoms with Crippen molar-refractivity contribution in [3.05, 3.63) is 76.8 Å². The van der Waals surface area contributed by atoms with Gasteiger partial charge in [-0.3, -0.25) is 28.5 Å². The molecular weight excluding hydrogens is 863 g/mol. The average molecular weight is 926 g/mol. The van der Waals surface area contributed by atoms with E-state index in [0.29, 0.717) is 44.5 Å². The van der Waals surface area contributed by atoms with Crippen LogP contribution in [0.1, 0.15) is 134 Å². The highest BCUT2D eigenvalue weighted by atomic mass is 32.2. The van der Waals surface area contributed by atoms with Gasteiger partial charge in [-0.25, -0.2) is 13.4 Å². The number of nitrogens with zero attached hydrogens (tertiary/aromatic N) is 4. The van der Waals surface area contributed by atoms with Crippen LogP contribution in [-0.2, 0) is 40.4 Å². The fourth-order valence-electron chi connectivity index (χ4n) is 9.50. The number of rotatable bonds is 11. The van der Waals surface area contributed by atoms with Crippen LogP contribution in [0, 0.1) is 24.2 Å². The fourth-order valence-corrected chi connectivity index (χ4v) is 11.8. The van der Waals surface area contributed by atoms with Gasteiger partial charge in [0.15, 0.2) is 5.78 Å². The van der Waals surface area contributed by atoms with Crippen LogP contribution in [0.4, 0.5) is 0 Å². The predicted octanol–water partition coefficient (Wildman–Crippen LogP) is 8.82. The number of esters is 1. The number of imidazole rings is 1. The molecule has 5 atom stereocenters. The molecule has 1 saturated heterocycles. The zero-order valence-electron chi connectivity index (χ0n) is 38.7. The number of fused-ring (bicyclic) bond motifs is 3. The van der Waals surface area contributed by atoms with E-state index in [1.807, 2.05) is 67.0 Å². The Morgan fingerprint density at radius 1 is 1.02 bits per heavy atom. The maximum Gasteiger partial charge on any atom is 0.307 e. The second-order valence-corrected chi connectivity index (χ2v) is 23.6. The number of benzene rings is 2. The Balaban J connectivity index is 1.12. The number of hydrogen-bond donors (Lipinski definition) is 1. The van der Waals surface area contributed by atoms with E-state index in [1.54, 1.807) is 43.9 Å². The molecule has 0 spiro atoms. The lowest BCUT2D eigenvalue weighted by molar-refractivity contribution is -0.159. The number of allylic oxidation sites excluding steroid dienone is 2. The zero-order chi connectivity index (χ0) is 46.5. The van der Waals surface area contributed by atoms with Gasteiger partial charge in [-0.15, -0.1) is 11.3 Å². The number of sulfonamides is 1. The number of aromatic nitrogens is 3. The van der Waals surface area contributed by atoms with Crippen LogP contribution in [0.25, 0.3) is 21.6 Å². The summed E-state index contributed by atoms with van der Waals surface area (Å²) < 4.78 is 42.6. The van der Waals surface area contributed by atoms with Crippen LogP contribution in [-0.4, -0.2) is 80.5 Å². The molecule has 15 heteroatoms. The van der Waals surface area contributed by atoms with E-state index in [4.69, 9.17) is 19.4 Å². The Hall–Kier alpha value is -4.89.